The van der Waals surface area contributed by atoms with Crippen LogP contribution in [0.1, 0.15) is 16.7 Å². The van der Waals surface area contributed by atoms with Crippen LogP contribution in [0.15, 0.2) is 59.9 Å². The second-order valence-corrected chi connectivity index (χ2v) is 8.21. The molecule has 3 rings (SSSR count). The third-order valence-corrected chi connectivity index (χ3v) is 5.73. The Labute approximate surface area is 160 Å². The molecule has 0 bridgehead atoms. The summed E-state index contributed by atoms with van der Waals surface area (Å²) < 4.78 is 66.6. The van der Waals surface area contributed by atoms with Crippen molar-refractivity contribution in [3.05, 3.63) is 71.7 Å². The van der Waals surface area contributed by atoms with Crippen LogP contribution >= 0.6 is 0 Å². The molecule has 5 nitrogen and oxygen atoms in total. The number of halogens is 3. The van der Waals surface area contributed by atoms with E-state index in [1.807, 2.05) is 0 Å². The van der Waals surface area contributed by atoms with Gasteiger partial charge in [0.1, 0.15) is 0 Å². The van der Waals surface area contributed by atoms with E-state index in [-0.39, 0.29) is 4.90 Å². The van der Waals surface area contributed by atoms with Gasteiger partial charge in [0.25, 0.3) is 0 Å². The molecule has 0 radical (unpaired) electrons. The summed E-state index contributed by atoms with van der Waals surface area (Å²) >= 11 is 0. The van der Waals surface area contributed by atoms with Crippen molar-refractivity contribution in [3.63, 3.8) is 0 Å². The number of nitrogens with zero attached hydrogens (tertiary/aromatic N) is 2. The van der Waals surface area contributed by atoms with E-state index in [2.05, 4.69) is 9.71 Å². The lowest BCUT2D eigenvalue weighted by Crippen LogP contribution is -2.18. The highest BCUT2D eigenvalue weighted by atomic mass is 32.2. The van der Waals surface area contributed by atoms with E-state index in [1.165, 1.54) is 31.3 Å². The number of benzene rings is 2. The summed E-state index contributed by atoms with van der Waals surface area (Å²) in [6.07, 6.45) is -0.706. The van der Waals surface area contributed by atoms with Crippen LogP contribution in [0.2, 0.25) is 0 Å². The minimum atomic E-state index is -4.39. The molecule has 0 fully saturated rings. The Bertz CT molecular complexity index is 1090. The number of nitrogens with one attached hydrogen (secondary N) is 1. The first-order valence-electron chi connectivity index (χ1n) is 8.31. The van der Waals surface area contributed by atoms with Crippen molar-refractivity contribution in [2.45, 2.75) is 17.5 Å². The molecule has 1 aromatic heterocycles. The molecule has 1 N–H and O–H groups in total. The molecular formula is C19H18F3N3O2S. The summed E-state index contributed by atoms with van der Waals surface area (Å²) in [5.41, 5.74) is 1.91. The van der Waals surface area contributed by atoms with E-state index in [0.717, 1.165) is 17.7 Å². The van der Waals surface area contributed by atoms with Gasteiger partial charge in [0.15, 0.2) is 0 Å². The summed E-state index contributed by atoms with van der Waals surface area (Å²) in [6.45, 7) is 0. The molecule has 0 atom stereocenters. The average Bonchev–Trinajstić information content (AvgIpc) is 3.08. The minimum Gasteiger partial charge on any atom is -0.340 e. The van der Waals surface area contributed by atoms with Crippen LogP contribution in [-0.4, -0.2) is 25.0 Å². The van der Waals surface area contributed by atoms with Gasteiger partial charge in [-0.15, -0.1) is 0 Å². The van der Waals surface area contributed by atoms with Crippen LogP contribution in [0, 0.1) is 0 Å². The Morgan fingerprint density at radius 2 is 1.79 bits per heavy atom. The van der Waals surface area contributed by atoms with Gasteiger partial charge < -0.3 is 4.57 Å². The first-order chi connectivity index (χ1) is 13.1. The number of hydrogen-bond donors (Lipinski definition) is 1. The zero-order valence-corrected chi connectivity index (χ0v) is 16.0. The molecule has 0 unspecified atom stereocenters. The largest absolute Gasteiger partial charge is 0.416 e. The highest BCUT2D eigenvalue weighted by molar-refractivity contribution is 7.89. The Hall–Kier alpha value is -2.65. The van der Waals surface area contributed by atoms with E-state index in [0.29, 0.717) is 23.2 Å². The number of aryl methyl sites for hydroxylation is 1. The zero-order valence-electron chi connectivity index (χ0n) is 15.2. The van der Waals surface area contributed by atoms with Crippen LogP contribution in [0.5, 0.6) is 0 Å². The molecule has 2 aromatic carbocycles. The Morgan fingerprint density at radius 1 is 1.11 bits per heavy atom. The smallest absolute Gasteiger partial charge is 0.340 e. The van der Waals surface area contributed by atoms with Crippen LogP contribution in [0.3, 0.4) is 0 Å². The predicted octanol–water partition coefficient (Wildman–Crippen LogP) is 3.60. The monoisotopic (exact) mass is 409 g/mol. The van der Waals surface area contributed by atoms with Crippen LogP contribution in [0.25, 0.3) is 11.3 Å². The molecule has 1 heterocycles. The second kappa shape index (κ2) is 7.40. The van der Waals surface area contributed by atoms with Gasteiger partial charge in [0.05, 0.1) is 22.5 Å². The summed E-state index contributed by atoms with van der Waals surface area (Å²) in [5.74, 6) is 0. The maximum atomic E-state index is 12.8. The van der Waals surface area contributed by atoms with Crippen molar-refractivity contribution in [1.29, 1.82) is 0 Å². The Balaban J connectivity index is 2.03. The molecule has 0 aliphatic heterocycles. The Kier molecular flexibility index (Phi) is 5.31. The second-order valence-electron chi connectivity index (χ2n) is 6.32. The molecule has 148 valence electrons. The van der Waals surface area contributed by atoms with Crippen molar-refractivity contribution in [2.75, 3.05) is 7.05 Å². The molecule has 3 aromatic rings. The fourth-order valence-corrected chi connectivity index (χ4v) is 3.57. The SMILES string of the molecule is CNS(=O)(=O)c1ccc(Cc2ccc(C(F)(F)F)cc2)c(-c2cn(C)cn2)c1. The molecule has 0 amide bonds. The summed E-state index contributed by atoms with van der Waals surface area (Å²) in [5, 5.41) is 0. The highest BCUT2D eigenvalue weighted by Gasteiger charge is 2.30. The average molecular weight is 409 g/mol. The maximum Gasteiger partial charge on any atom is 0.416 e. The first kappa shape index (κ1) is 20.1. The highest BCUT2D eigenvalue weighted by Crippen LogP contribution is 2.31. The van der Waals surface area contributed by atoms with Gasteiger partial charge in [-0.25, -0.2) is 18.1 Å². The number of imidazole rings is 1. The van der Waals surface area contributed by atoms with Crippen molar-refractivity contribution in [3.8, 4) is 11.3 Å². The van der Waals surface area contributed by atoms with Gasteiger partial charge in [-0.2, -0.15) is 13.2 Å². The fourth-order valence-electron chi connectivity index (χ4n) is 2.82. The summed E-state index contributed by atoms with van der Waals surface area (Å²) in [4.78, 5) is 4.37. The number of hydrogen-bond acceptors (Lipinski definition) is 3. The van der Waals surface area contributed by atoms with Gasteiger partial charge in [-0.3, -0.25) is 0 Å². The molecule has 0 saturated heterocycles. The topological polar surface area (TPSA) is 64.0 Å². The molecule has 0 spiro atoms. The predicted molar refractivity (Wildman–Crippen MR) is 99.1 cm³/mol. The van der Waals surface area contributed by atoms with Gasteiger partial charge in [-0.05, 0) is 48.9 Å². The van der Waals surface area contributed by atoms with E-state index >= 15 is 0 Å². The van der Waals surface area contributed by atoms with Crippen LogP contribution in [0.4, 0.5) is 13.2 Å². The summed E-state index contributed by atoms with van der Waals surface area (Å²) in [6, 6.07) is 9.56. The molecule has 9 heteroatoms. The number of aromatic nitrogens is 2. The summed E-state index contributed by atoms with van der Waals surface area (Å²) in [7, 11) is -0.526. The normalized spacial score (nSPS) is 12.3. The van der Waals surface area contributed by atoms with E-state index in [1.54, 1.807) is 30.2 Å². The third-order valence-electron chi connectivity index (χ3n) is 4.32. The van der Waals surface area contributed by atoms with Gasteiger partial charge in [0, 0.05) is 18.8 Å². The zero-order chi connectivity index (χ0) is 20.5. The molecule has 0 saturated carbocycles. The number of sulfonamides is 1. The van der Waals surface area contributed by atoms with E-state index in [4.69, 9.17) is 0 Å². The number of alkyl halides is 3. The molecule has 28 heavy (non-hydrogen) atoms. The fraction of sp³-hybridized carbons (Fsp3) is 0.211. The van der Waals surface area contributed by atoms with Crippen molar-refractivity contribution in [2.24, 2.45) is 7.05 Å². The lowest BCUT2D eigenvalue weighted by atomic mass is 9.97. The molecule has 0 aliphatic rings. The standard InChI is InChI=1S/C19H18F3N3O2S/c1-23-28(26,27)16-8-5-14(17(10-16)18-11-25(2)12-24-18)9-13-3-6-15(7-4-13)19(20,21)22/h3-8,10-12,23H,9H2,1-2H3. The van der Waals surface area contributed by atoms with E-state index in [9.17, 15) is 21.6 Å². The van der Waals surface area contributed by atoms with Gasteiger partial charge >= 0.3 is 6.18 Å². The van der Waals surface area contributed by atoms with Crippen LogP contribution in [-0.2, 0) is 29.7 Å². The number of rotatable bonds is 5. The lowest BCUT2D eigenvalue weighted by Gasteiger charge is -2.12. The van der Waals surface area contributed by atoms with E-state index < -0.39 is 21.8 Å². The van der Waals surface area contributed by atoms with Crippen molar-refractivity contribution in [1.82, 2.24) is 14.3 Å². The minimum absolute atomic E-state index is 0.0897. The molecular weight excluding hydrogens is 391 g/mol. The quantitative estimate of drug-likeness (QED) is 0.700. The van der Waals surface area contributed by atoms with Crippen molar-refractivity contribution >= 4 is 10.0 Å². The Morgan fingerprint density at radius 3 is 2.32 bits per heavy atom. The lowest BCUT2D eigenvalue weighted by molar-refractivity contribution is -0.137. The first-order valence-corrected chi connectivity index (χ1v) is 9.79. The third kappa shape index (κ3) is 4.26. The van der Waals surface area contributed by atoms with Crippen LogP contribution < -0.4 is 4.72 Å². The molecule has 0 aliphatic carbocycles. The maximum absolute atomic E-state index is 12.8. The van der Waals surface area contributed by atoms with Gasteiger partial charge in [0.2, 0.25) is 10.0 Å². The van der Waals surface area contributed by atoms with Crippen molar-refractivity contribution < 1.29 is 21.6 Å². The van der Waals surface area contributed by atoms with Gasteiger partial charge in [-0.1, -0.05) is 18.2 Å².